The highest BCUT2D eigenvalue weighted by Crippen LogP contribution is 2.45. The van der Waals surface area contributed by atoms with E-state index in [1.54, 1.807) is 0 Å². The lowest BCUT2D eigenvalue weighted by atomic mass is 9.64. The molecule has 112 valence electrons. The van der Waals surface area contributed by atoms with Crippen LogP contribution in [0, 0.1) is 0 Å². The topological polar surface area (TPSA) is 47.6 Å². The van der Waals surface area contributed by atoms with E-state index in [2.05, 4.69) is 5.32 Å². The Bertz CT molecular complexity index is 708. The number of hydrogen-bond acceptors (Lipinski definition) is 3. The Hall–Kier alpha value is -2.49. The average Bonchev–Trinajstić information content (AvgIpc) is 2.95. The summed E-state index contributed by atoms with van der Waals surface area (Å²) in [6.45, 7) is 0.237. The molecule has 2 aromatic rings. The van der Waals surface area contributed by atoms with Crippen LogP contribution in [0.15, 0.2) is 48.5 Å². The van der Waals surface area contributed by atoms with Gasteiger partial charge in [-0.15, -0.1) is 0 Å². The molecular weight excluding hydrogens is 278 g/mol. The van der Waals surface area contributed by atoms with Gasteiger partial charge in [0.15, 0.2) is 11.5 Å². The Morgan fingerprint density at radius 1 is 1.00 bits per heavy atom. The van der Waals surface area contributed by atoms with Gasteiger partial charge >= 0.3 is 0 Å². The van der Waals surface area contributed by atoms with Crippen LogP contribution < -0.4 is 14.8 Å². The van der Waals surface area contributed by atoms with Gasteiger partial charge in [0.05, 0.1) is 5.41 Å². The highest BCUT2D eigenvalue weighted by molar-refractivity contribution is 6.00. The second-order valence-electron chi connectivity index (χ2n) is 5.82. The molecule has 4 nitrogen and oxygen atoms in total. The van der Waals surface area contributed by atoms with Crippen LogP contribution in [0.1, 0.15) is 24.8 Å². The zero-order valence-electron chi connectivity index (χ0n) is 12.2. The molecule has 2 aliphatic rings. The Labute approximate surface area is 129 Å². The summed E-state index contributed by atoms with van der Waals surface area (Å²) in [5.41, 5.74) is 1.45. The van der Waals surface area contributed by atoms with Crippen LogP contribution in [-0.4, -0.2) is 12.7 Å². The Balaban J connectivity index is 1.59. The lowest BCUT2D eigenvalue weighted by Gasteiger charge is -2.40. The molecule has 0 spiro atoms. The van der Waals surface area contributed by atoms with E-state index in [9.17, 15) is 4.79 Å². The van der Waals surface area contributed by atoms with Crippen LogP contribution in [0.3, 0.4) is 0 Å². The number of hydrogen-bond donors (Lipinski definition) is 1. The highest BCUT2D eigenvalue weighted by Gasteiger charge is 2.45. The first-order valence-electron chi connectivity index (χ1n) is 7.55. The minimum atomic E-state index is -0.391. The SMILES string of the molecule is O=C(Nc1ccc2c(c1)OCO2)C1(c2ccccc2)CCC1. The van der Waals surface area contributed by atoms with Gasteiger partial charge in [0.1, 0.15) is 0 Å². The lowest BCUT2D eigenvalue weighted by molar-refractivity contribution is -0.124. The summed E-state index contributed by atoms with van der Waals surface area (Å²) in [7, 11) is 0. The maximum Gasteiger partial charge on any atom is 0.235 e. The molecule has 0 bridgehead atoms. The molecule has 22 heavy (non-hydrogen) atoms. The van der Waals surface area contributed by atoms with Crippen molar-refractivity contribution in [1.82, 2.24) is 0 Å². The molecule has 2 aromatic carbocycles. The van der Waals surface area contributed by atoms with Crippen LogP contribution >= 0.6 is 0 Å². The van der Waals surface area contributed by atoms with Crippen LogP contribution in [0.25, 0.3) is 0 Å². The molecule has 1 amide bonds. The van der Waals surface area contributed by atoms with Crippen molar-refractivity contribution in [2.45, 2.75) is 24.7 Å². The Kier molecular flexibility index (Phi) is 3.03. The largest absolute Gasteiger partial charge is 0.454 e. The second-order valence-corrected chi connectivity index (χ2v) is 5.82. The number of fused-ring (bicyclic) bond motifs is 1. The molecule has 1 heterocycles. The number of ether oxygens (including phenoxy) is 2. The van der Waals surface area contributed by atoms with Crippen molar-refractivity contribution in [3.8, 4) is 11.5 Å². The molecular formula is C18H17NO3. The molecule has 0 aromatic heterocycles. The van der Waals surface area contributed by atoms with Gasteiger partial charge in [0.25, 0.3) is 0 Å². The fourth-order valence-corrected chi connectivity index (χ4v) is 3.16. The first kappa shape index (κ1) is 13.2. The third kappa shape index (κ3) is 2.03. The summed E-state index contributed by atoms with van der Waals surface area (Å²) in [6.07, 6.45) is 2.88. The van der Waals surface area contributed by atoms with Gasteiger partial charge in [-0.2, -0.15) is 0 Å². The van der Waals surface area contributed by atoms with Gasteiger partial charge in [0.2, 0.25) is 12.7 Å². The van der Waals surface area contributed by atoms with Crippen molar-refractivity contribution in [2.75, 3.05) is 12.1 Å². The van der Waals surface area contributed by atoms with Gasteiger partial charge in [-0.1, -0.05) is 36.8 Å². The standard InChI is InChI=1S/C18H17NO3/c20-17(18(9-4-10-18)13-5-2-1-3-6-13)19-14-7-8-15-16(11-14)22-12-21-15/h1-3,5-8,11H,4,9-10,12H2,(H,19,20). The number of carbonyl (C=O) groups excluding carboxylic acids is 1. The summed E-state index contributed by atoms with van der Waals surface area (Å²) in [6, 6.07) is 15.5. The van der Waals surface area contributed by atoms with E-state index in [-0.39, 0.29) is 12.7 Å². The van der Waals surface area contributed by atoms with E-state index in [1.807, 2.05) is 48.5 Å². The van der Waals surface area contributed by atoms with Crippen molar-refractivity contribution in [2.24, 2.45) is 0 Å². The zero-order valence-corrected chi connectivity index (χ0v) is 12.2. The molecule has 4 heteroatoms. The first-order chi connectivity index (χ1) is 10.8. The molecule has 0 atom stereocenters. The van der Waals surface area contributed by atoms with Crippen LogP contribution in [-0.2, 0) is 10.2 Å². The molecule has 0 radical (unpaired) electrons. The summed E-state index contributed by atoms with van der Waals surface area (Å²) in [5.74, 6) is 1.46. The van der Waals surface area contributed by atoms with E-state index in [1.165, 1.54) is 0 Å². The van der Waals surface area contributed by atoms with Crippen LogP contribution in [0.2, 0.25) is 0 Å². The van der Waals surface area contributed by atoms with Crippen molar-refractivity contribution < 1.29 is 14.3 Å². The van der Waals surface area contributed by atoms with Gasteiger partial charge < -0.3 is 14.8 Å². The van der Waals surface area contributed by atoms with Gasteiger partial charge in [0, 0.05) is 11.8 Å². The monoisotopic (exact) mass is 295 g/mol. The maximum absolute atomic E-state index is 12.8. The van der Waals surface area contributed by atoms with E-state index >= 15 is 0 Å². The molecule has 1 N–H and O–H groups in total. The van der Waals surface area contributed by atoms with E-state index in [4.69, 9.17) is 9.47 Å². The number of amides is 1. The minimum absolute atomic E-state index is 0.0591. The highest BCUT2D eigenvalue weighted by atomic mass is 16.7. The fourth-order valence-electron chi connectivity index (χ4n) is 3.16. The van der Waals surface area contributed by atoms with Gasteiger partial charge in [-0.3, -0.25) is 4.79 Å². The minimum Gasteiger partial charge on any atom is -0.454 e. The van der Waals surface area contributed by atoms with Gasteiger partial charge in [-0.05, 0) is 30.5 Å². The second kappa shape index (κ2) is 5.05. The number of anilines is 1. The average molecular weight is 295 g/mol. The molecule has 0 unspecified atom stereocenters. The van der Waals surface area contributed by atoms with Crippen molar-refractivity contribution in [3.63, 3.8) is 0 Å². The van der Waals surface area contributed by atoms with Gasteiger partial charge in [-0.25, -0.2) is 0 Å². The number of rotatable bonds is 3. The van der Waals surface area contributed by atoms with E-state index < -0.39 is 5.41 Å². The normalized spacial score (nSPS) is 17.6. The fraction of sp³-hybridized carbons (Fsp3) is 0.278. The Morgan fingerprint density at radius 3 is 2.50 bits per heavy atom. The van der Waals surface area contributed by atoms with E-state index in [0.29, 0.717) is 5.75 Å². The molecule has 1 aliphatic heterocycles. The lowest BCUT2D eigenvalue weighted by Crippen LogP contribution is -2.45. The molecule has 4 rings (SSSR count). The smallest absolute Gasteiger partial charge is 0.235 e. The summed E-state index contributed by atoms with van der Waals surface area (Å²) < 4.78 is 10.7. The predicted octanol–water partition coefficient (Wildman–Crippen LogP) is 3.48. The molecule has 1 aliphatic carbocycles. The van der Waals surface area contributed by atoms with Crippen LogP contribution in [0.4, 0.5) is 5.69 Å². The quantitative estimate of drug-likeness (QED) is 0.943. The maximum atomic E-state index is 12.8. The van der Waals surface area contributed by atoms with Crippen molar-refractivity contribution in [3.05, 3.63) is 54.1 Å². The summed E-state index contributed by atoms with van der Waals surface area (Å²) in [4.78, 5) is 12.8. The summed E-state index contributed by atoms with van der Waals surface area (Å²) >= 11 is 0. The van der Waals surface area contributed by atoms with Crippen molar-refractivity contribution in [1.29, 1.82) is 0 Å². The summed E-state index contributed by atoms with van der Waals surface area (Å²) in [5, 5.41) is 3.04. The third-order valence-corrected chi connectivity index (χ3v) is 4.60. The molecule has 0 saturated heterocycles. The van der Waals surface area contributed by atoms with Crippen LogP contribution in [0.5, 0.6) is 11.5 Å². The van der Waals surface area contributed by atoms with Crippen molar-refractivity contribution >= 4 is 11.6 Å². The number of nitrogens with one attached hydrogen (secondary N) is 1. The molecule has 1 saturated carbocycles. The Morgan fingerprint density at radius 2 is 1.77 bits per heavy atom. The third-order valence-electron chi connectivity index (χ3n) is 4.60. The predicted molar refractivity (Wildman–Crippen MR) is 83.2 cm³/mol. The molecule has 1 fully saturated rings. The van der Waals surface area contributed by atoms with E-state index in [0.717, 1.165) is 36.3 Å². The first-order valence-corrected chi connectivity index (χ1v) is 7.55. The number of benzene rings is 2. The zero-order chi connectivity index (χ0) is 15.0. The number of carbonyl (C=O) groups is 1.